The number of hydrogen-bond donors (Lipinski definition) is 1. The molecule has 0 unspecified atom stereocenters. The van der Waals surface area contributed by atoms with Crippen molar-refractivity contribution in [3.63, 3.8) is 0 Å². The van der Waals surface area contributed by atoms with Crippen molar-refractivity contribution < 1.29 is 17.9 Å². The lowest BCUT2D eigenvalue weighted by Gasteiger charge is -2.15. The molecule has 0 aliphatic rings. The van der Waals surface area contributed by atoms with E-state index in [0.717, 1.165) is 6.07 Å². The van der Waals surface area contributed by atoms with Crippen LogP contribution in [0.5, 0.6) is 0 Å². The molecule has 0 fully saturated rings. The lowest BCUT2D eigenvalue weighted by molar-refractivity contribution is -0.136. The molecule has 0 saturated carbocycles. The van der Waals surface area contributed by atoms with E-state index in [4.69, 9.17) is 17.0 Å². The summed E-state index contributed by atoms with van der Waals surface area (Å²) < 4.78 is 46.1. The highest BCUT2D eigenvalue weighted by molar-refractivity contribution is 7.71. The van der Waals surface area contributed by atoms with Crippen LogP contribution >= 0.6 is 12.2 Å². The summed E-state index contributed by atoms with van der Waals surface area (Å²) >= 11 is 5.03. The third-order valence-electron chi connectivity index (χ3n) is 3.19. The Hall–Kier alpha value is -1.74. The van der Waals surface area contributed by atoms with Crippen molar-refractivity contribution in [3.05, 3.63) is 32.4 Å². The Balaban J connectivity index is 2.93. The van der Waals surface area contributed by atoms with Crippen LogP contribution in [0.4, 0.5) is 13.2 Å². The van der Waals surface area contributed by atoms with Gasteiger partial charge in [-0.15, -0.1) is 0 Å². The van der Waals surface area contributed by atoms with Gasteiger partial charge in [0.2, 0.25) is 0 Å². The smallest absolute Gasteiger partial charge is 0.383 e. The fraction of sp³-hybridized carbons (Fsp3) is 0.462. The van der Waals surface area contributed by atoms with Crippen LogP contribution in [-0.4, -0.2) is 28.3 Å². The monoisotopic (exact) mass is 333 g/mol. The molecule has 2 aromatic heterocycles. The maximum Gasteiger partial charge on any atom is 0.417 e. The zero-order valence-corrected chi connectivity index (χ0v) is 12.8. The van der Waals surface area contributed by atoms with Crippen molar-refractivity contribution >= 4 is 23.3 Å². The van der Waals surface area contributed by atoms with Crippen LogP contribution in [0.2, 0.25) is 0 Å². The fourth-order valence-corrected chi connectivity index (χ4v) is 2.39. The zero-order valence-electron chi connectivity index (χ0n) is 12.0. The van der Waals surface area contributed by atoms with Gasteiger partial charge in [0.1, 0.15) is 5.65 Å². The molecule has 0 atom stereocenters. The van der Waals surface area contributed by atoms with E-state index in [0.29, 0.717) is 6.42 Å². The van der Waals surface area contributed by atoms with E-state index in [1.165, 1.54) is 11.7 Å². The number of nitrogens with one attached hydrogen (secondary N) is 1. The number of nitrogens with zero attached hydrogens (tertiary/aromatic N) is 2. The van der Waals surface area contributed by atoms with Crippen LogP contribution in [0.3, 0.4) is 0 Å². The second-order valence-corrected chi connectivity index (χ2v) is 5.00. The van der Waals surface area contributed by atoms with Crippen LogP contribution in [0.15, 0.2) is 10.9 Å². The highest BCUT2D eigenvalue weighted by Gasteiger charge is 2.35. The van der Waals surface area contributed by atoms with Crippen molar-refractivity contribution in [3.8, 4) is 0 Å². The molecule has 0 bridgehead atoms. The van der Waals surface area contributed by atoms with Crippen molar-refractivity contribution in [2.24, 2.45) is 0 Å². The Morgan fingerprint density at radius 3 is 2.68 bits per heavy atom. The van der Waals surface area contributed by atoms with Crippen molar-refractivity contribution in [1.29, 1.82) is 0 Å². The van der Waals surface area contributed by atoms with Gasteiger partial charge in [-0.05, 0) is 24.7 Å². The number of ether oxygens (including phenoxy) is 1. The number of rotatable bonds is 4. The number of methoxy groups -OCH3 is 1. The quantitative estimate of drug-likeness (QED) is 0.874. The summed E-state index contributed by atoms with van der Waals surface area (Å²) in [6.07, 6.45) is -4.34. The number of H-pyrrole nitrogens is 1. The summed E-state index contributed by atoms with van der Waals surface area (Å²) in [6.45, 7) is 2.12. The van der Waals surface area contributed by atoms with Gasteiger partial charge in [-0.1, -0.05) is 6.92 Å². The van der Waals surface area contributed by atoms with Gasteiger partial charge in [-0.25, -0.2) is 4.98 Å². The summed E-state index contributed by atoms with van der Waals surface area (Å²) in [5.41, 5.74) is -1.73. The minimum absolute atomic E-state index is 0.0171. The summed E-state index contributed by atoms with van der Waals surface area (Å²) in [6, 6.07) is 0.904. The number of hydrogen-bond acceptors (Lipinski definition) is 4. The molecule has 0 amide bonds. The van der Waals surface area contributed by atoms with Gasteiger partial charge in [-0.2, -0.15) is 13.2 Å². The summed E-state index contributed by atoms with van der Waals surface area (Å²) in [7, 11) is 1.46. The Morgan fingerprint density at radius 2 is 2.14 bits per heavy atom. The molecule has 2 aromatic rings. The molecule has 5 nitrogen and oxygen atoms in total. The Kier molecular flexibility index (Phi) is 4.66. The SMILES string of the molecule is CCc1cc(C(F)(F)F)c2c(=O)[nH]c(=S)n(CCOC)c2n1. The van der Waals surface area contributed by atoms with Gasteiger partial charge in [-0.3, -0.25) is 9.78 Å². The van der Waals surface area contributed by atoms with Crippen molar-refractivity contribution in [1.82, 2.24) is 14.5 Å². The lowest BCUT2D eigenvalue weighted by Crippen LogP contribution is -2.22. The number of aryl methyl sites for hydroxylation is 1. The van der Waals surface area contributed by atoms with Crippen LogP contribution in [0.1, 0.15) is 18.2 Å². The predicted molar refractivity (Wildman–Crippen MR) is 77.4 cm³/mol. The lowest BCUT2D eigenvalue weighted by atomic mass is 10.1. The zero-order chi connectivity index (χ0) is 16.5. The Morgan fingerprint density at radius 1 is 1.45 bits per heavy atom. The molecule has 1 N–H and O–H groups in total. The number of aromatic amines is 1. The Labute approximate surface area is 128 Å². The fourth-order valence-electron chi connectivity index (χ4n) is 2.12. The number of fused-ring (bicyclic) bond motifs is 1. The van der Waals surface area contributed by atoms with Crippen LogP contribution in [0, 0.1) is 4.77 Å². The van der Waals surface area contributed by atoms with Gasteiger partial charge in [0.05, 0.1) is 24.1 Å². The molecule has 2 rings (SSSR count). The summed E-state index contributed by atoms with van der Waals surface area (Å²) in [5.74, 6) is 0. The normalized spacial score (nSPS) is 12.0. The van der Waals surface area contributed by atoms with E-state index in [9.17, 15) is 18.0 Å². The van der Waals surface area contributed by atoms with Gasteiger partial charge in [0, 0.05) is 12.8 Å². The summed E-state index contributed by atoms with van der Waals surface area (Å²) in [4.78, 5) is 18.4. The molecule has 120 valence electrons. The van der Waals surface area contributed by atoms with E-state index < -0.39 is 22.7 Å². The summed E-state index contributed by atoms with van der Waals surface area (Å²) in [5, 5.41) is -0.505. The molecule has 0 radical (unpaired) electrons. The molecule has 0 aliphatic carbocycles. The standard InChI is InChI=1S/C13H14F3N3O2S/c1-3-7-6-8(13(14,15)16)9-10(17-7)19(4-5-21-2)12(22)18-11(9)20/h6H,3-5H2,1-2H3,(H,18,20,22). The first-order chi connectivity index (χ1) is 10.3. The molecule has 0 spiro atoms. The molecule has 22 heavy (non-hydrogen) atoms. The molecule has 2 heterocycles. The highest BCUT2D eigenvalue weighted by atomic mass is 32.1. The van der Waals surface area contributed by atoms with Crippen LogP contribution in [0.25, 0.3) is 11.0 Å². The minimum atomic E-state index is -4.65. The number of halogens is 3. The molecular weight excluding hydrogens is 319 g/mol. The van der Waals surface area contributed by atoms with E-state index in [-0.39, 0.29) is 29.3 Å². The molecule has 9 heteroatoms. The number of pyridine rings is 1. The topological polar surface area (TPSA) is 59.9 Å². The first-order valence-electron chi connectivity index (χ1n) is 6.52. The molecule has 0 saturated heterocycles. The van der Waals surface area contributed by atoms with Gasteiger partial charge in [0.25, 0.3) is 5.56 Å². The van der Waals surface area contributed by atoms with Gasteiger partial charge < -0.3 is 9.30 Å². The molecular formula is C13H14F3N3O2S. The van der Waals surface area contributed by atoms with E-state index in [1.807, 2.05) is 0 Å². The largest absolute Gasteiger partial charge is 0.417 e. The van der Waals surface area contributed by atoms with Gasteiger partial charge in [0.15, 0.2) is 4.77 Å². The van der Waals surface area contributed by atoms with Crippen molar-refractivity contribution in [2.45, 2.75) is 26.1 Å². The van der Waals surface area contributed by atoms with Crippen molar-refractivity contribution in [2.75, 3.05) is 13.7 Å². The first-order valence-corrected chi connectivity index (χ1v) is 6.93. The molecule has 0 aromatic carbocycles. The van der Waals surface area contributed by atoms with Gasteiger partial charge >= 0.3 is 6.18 Å². The van der Waals surface area contributed by atoms with Crippen LogP contribution < -0.4 is 5.56 Å². The van der Waals surface area contributed by atoms with E-state index >= 15 is 0 Å². The van der Waals surface area contributed by atoms with E-state index in [1.54, 1.807) is 6.92 Å². The maximum atomic E-state index is 13.3. The molecule has 0 aliphatic heterocycles. The van der Waals surface area contributed by atoms with Crippen LogP contribution in [-0.2, 0) is 23.9 Å². The number of alkyl halides is 3. The number of aromatic nitrogens is 3. The third kappa shape index (κ3) is 3.05. The second kappa shape index (κ2) is 6.17. The average Bonchev–Trinajstić information content (AvgIpc) is 2.44. The first kappa shape index (κ1) is 16.6. The second-order valence-electron chi connectivity index (χ2n) is 4.61. The maximum absolute atomic E-state index is 13.3. The highest BCUT2D eigenvalue weighted by Crippen LogP contribution is 2.33. The average molecular weight is 333 g/mol. The third-order valence-corrected chi connectivity index (χ3v) is 3.51. The minimum Gasteiger partial charge on any atom is -0.383 e. The Bertz CT molecular complexity index is 811. The predicted octanol–water partition coefficient (Wildman–Crippen LogP) is 2.68. The van der Waals surface area contributed by atoms with E-state index in [2.05, 4.69) is 9.97 Å².